The molecule has 5 nitrogen and oxygen atoms in total. The van der Waals surface area contributed by atoms with Crippen molar-refractivity contribution in [2.45, 2.75) is 18.4 Å². The highest BCUT2D eigenvalue weighted by atomic mass is 32.2. The Morgan fingerprint density at radius 2 is 2.29 bits per heavy atom. The highest BCUT2D eigenvalue weighted by molar-refractivity contribution is 7.98. The van der Waals surface area contributed by atoms with Gasteiger partial charge in [0.25, 0.3) is 11.7 Å². The van der Waals surface area contributed by atoms with Gasteiger partial charge in [0.1, 0.15) is 17.3 Å². The van der Waals surface area contributed by atoms with Crippen LogP contribution in [0.2, 0.25) is 0 Å². The summed E-state index contributed by atoms with van der Waals surface area (Å²) < 4.78 is 34.3. The number of carbonyl (C=O) groups is 1. The molecule has 0 spiro atoms. The number of hydrazone groups is 1. The Bertz CT molecular complexity index is 637. The lowest BCUT2D eigenvalue weighted by Crippen LogP contribution is -2.17. The molecule has 1 amide bonds. The van der Waals surface area contributed by atoms with Gasteiger partial charge in [-0.3, -0.25) is 4.79 Å². The monoisotopic (exact) mass is 314 g/mol. The molecule has 21 heavy (non-hydrogen) atoms. The lowest BCUT2D eigenvalue weighted by Gasteiger charge is -1.97. The molecule has 2 heterocycles. The van der Waals surface area contributed by atoms with E-state index in [4.69, 9.17) is 8.83 Å². The maximum absolute atomic E-state index is 12.0. The predicted molar refractivity (Wildman–Crippen MR) is 74.5 cm³/mol. The van der Waals surface area contributed by atoms with Crippen LogP contribution in [0.1, 0.15) is 27.6 Å². The molecule has 1 N–H and O–H groups in total. The Kier molecular flexibility index (Phi) is 5.15. The minimum Gasteiger partial charge on any atom is -0.469 e. The average Bonchev–Trinajstić information content (AvgIpc) is 3.05. The number of nitrogens with zero attached hydrogens (tertiary/aromatic N) is 1. The van der Waals surface area contributed by atoms with Gasteiger partial charge < -0.3 is 8.83 Å². The second-order valence-electron chi connectivity index (χ2n) is 3.97. The lowest BCUT2D eigenvalue weighted by atomic mass is 10.2. The Balaban J connectivity index is 1.87. The van der Waals surface area contributed by atoms with Crippen molar-refractivity contribution >= 4 is 23.9 Å². The van der Waals surface area contributed by atoms with Crippen LogP contribution in [-0.2, 0) is 5.75 Å². The Morgan fingerprint density at radius 3 is 2.95 bits per heavy atom. The summed E-state index contributed by atoms with van der Waals surface area (Å²) in [6.07, 6.45) is 2.71. The molecule has 2 rings (SSSR count). The number of nitrogens with one attached hydrogen (secondary N) is 1. The molecule has 0 atom stereocenters. The van der Waals surface area contributed by atoms with E-state index in [0.29, 0.717) is 34.6 Å². The third-order valence-corrected chi connectivity index (χ3v) is 3.20. The molecule has 0 fully saturated rings. The Morgan fingerprint density at radius 1 is 1.48 bits per heavy atom. The van der Waals surface area contributed by atoms with Crippen molar-refractivity contribution in [2.24, 2.45) is 5.10 Å². The molecular formula is C13H12F2N2O3S. The van der Waals surface area contributed by atoms with Gasteiger partial charge in [0.15, 0.2) is 0 Å². The fourth-order valence-electron chi connectivity index (χ4n) is 1.52. The normalized spacial score (nSPS) is 11.4. The summed E-state index contributed by atoms with van der Waals surface area (Å²) in [7, 11) is 0. The van der Waals surface area contributed by atoms with Crippen molar-refractivity contribution < 1.29 is 22.4 Å². The van der Waals surface area contributed by atoms with E-state index in [2.05, 4.69) is 10.5 Å². The number of thioether (sulfide) groups is 1. The van der Waals surface area contributed by atoms with Gasteiger partial charge in [0, 0.05) is 0 Å². The van der Waals surface area contributed by atoms with Gasteiger partial charge in [0.05, 0.1) is 23.8 Å². The van der Waals surface area contributed by atoms with Crippen LogP contribution in [-0.4, -0.2) is 17.9 Å². The van der Waals surface area contributed by atoms with Gasteiger partial charge in [-0.2, -0.15) is 13.9 Å². The highest BCUT2D eigenvalue weighted by Crippen LogP contribution is 2.20. The van der Waals surface area contributed by atoms with Crippen LogP contribution >= 0.6 is 11.8 Å². The molecule has 0 aliphatic rings. The van der Waals surface area contributed by atoms with Crippen molar-refractivity contribution in [2.75, 3.05) is 0 Å². The lowest BCUT2D eigenvalue weighted by molar-refractivity contribution is 0.0953. The second kappa shape index (κ2) is 7.07. The van der Waals surface area contributed by atoms with Crippen LogP contribution in [0.15, 0.2) is 38.4 Å². The maximum Gasteiger partial charge on any atom is 0.284 e. The molecule has 0 bridgehead atoms. The van der Waals surface area contributed by atoms with Crippen molar-refractivity contribution in [1.82, 2.24) is 5.43 Å². The van der Waals surface area contributed by atoms with E-state index in [9.17, 15) is 13.6 Å². The minimum atomic E-state index is -2.44. The zero-order valence-electron chi connectivity index (χ0n) is 11.0. The van der Waals surface area contributed by atoms with E-state index in [-0.39, 0.29) is 5.75 Å². The third-order valence-electron chi connectivity index (χ3n) is 2.50. The van der Waals surface area contributed by atoms with Crippen molar-refractivity contribution in [3.63, 3.8) is 0 Å². The second-order valence-corrected chi connectivity index (χ2v) is 4.94. The Labute approximate surface area is 123 Å². The van der Waals surface area contributed by atoms with Crippen LogP contribution < -0.4 is 5.43 Å². The standard InChI is InChI=1S/C13H12F2N2O3S/c1-8-11(4-5-19-8)12(18)17-16-6-9-2-3-10(20-9)7-21-13(14)15/h2-6,13H,7H2,1H3,(H,17,18)/b16-6-. The zero-order chi connectivity index (χ0) is 15.2. The molecule has 2 aromatic heterocycles. The number of hydrogen-bond acceptors (Lipinski definition) is 5. The van der Waals surface area contributed by atoms with Crippen LogP contribution in [0.5, 0.6) is 0 Å². The van der Waals surface area contributed by atoms with Gasteiger partial charge in [0.2, 0.25) is 0 Å². The van der Waals surface area contributed by atoms with Gasteiger partial charge >= 0.3 is 0 Å². The van der Waals surface area contributed by atoms with Crippen LogP contribution in [0.25, 0.3) is 0 Å². The first-order valence-corrected chi connectivity index (χ1v) is 6.97. The summed E-state index contributed by atoms with van der Waals surface area (Å²) in [5, 5.41) is 3.73. The fourth-order valence-corrected chi connectivity index (χ4v) is 1.97. The summed E-state index contributed by atoms with van der Waals surface area (Å²) >= 11 is 0.475. The number of amides is 1. The number of alkyl halides is 2. The van der Waals surface area contributed by atoms with Gasteiger partial charge in [-0.25, -0.2) is 5.43 Å². The zero-order valence-corrected chi connectivity index (χ0v) is 11.8. The molecule has 0 aliphatic heterocycles. The SMILES string of the molecule is Cc1occc1C(=O)N/N=C\c1ccc(CSC(F)F)o1. The van der Waals surface area contributed by atoms with E-state index >= 15 is 0 Å². The molecule has 0 aromatic carbocycles. The van der Waals surface area contributed by atoms with Crippen LogP contribution in [0, 0.1) is 6.92 Å². The largest absolute Gasteiger partial charge is 0.469 e. The van der Waals surface area contributed by atoms with Crippen LogP contribution in [0.3, 0.4) is 0 Å². The first kappa shape index (κ1) is 15.3. The number of rotatable bonds is 6. The summed E-state index contributed by atoms with van der Waals surface area (Å²) in [6, 6.07) is 4.70. The summed E-state index contributed by atoms with van der Waals surface area (Å²) in [5.74, 6) is -1.50. The third kappa shape index (κ3) is 4.45. The predicted octanol–water partition coefficient (Wildman–Crippen LogP) is 3.40. The van der Waals surface area contributed by atoms with Gasteiger partial charge in [-0.05, 0) is 25.1 Å². The quantitative estimate of drug-likeness (QED) is 0.655. The molecule has 2 aromatic rings. The molecule has 0 aliphatic carbocycles. The van der Waals surface area contributed by atoms with Crippen molar-refractivity contribution in [3.05, 3.63) is 47.3 Å². The van der Waals surface area contributed by atoms with E-state index in [1.807, 2.05) is 0 Å². The molecule has 0 unspecified atom stereocenters. The number of furan rings is 2. The topological polar surface area (TPSA) is 67.7 Å². The minimum absolute atomic E-state index is 0.0755. The summed E-state index contributed by atoms with van der Waals surface area (Å²) in [6.45, 7) is 1.66. The number of carbonyl (C=O) groups excluding carboxylic acids is 1. The van der Waals surface area contributed by atoms with Crippen molar-refractivity contribution in [3.8, 4) is 0 Å². The first-order chi connectivity index (χ1) is 10.1. The van der Waals surface area contributed by atoms with E-state index in [0.717, 1.165) is 0 Å². The Hall–Kier alpha value is -2.09. The van der Waals surface area contributed by atoms with E-state index < -0.39 is 11.7 Å². The van der Waals surface area contributed by atoms with Crippen molar-refractivity contribution in [1.29, 1.82) is 0 Å². The number of hydrogen-bond donors (Lipinski definition) is 1. The van der Waals surface area contributed by atoms with Gasteiger partial charge in [-0.15, -0.1) is 0 Å². The number of aryl methyl sites for hydroxylation is 1. The van der Waals surface area contributed by atoms with E-state index in [1.54, 1.807) is 19.1 Å². The molecule has 0 radical (unpaired) electrons. The molecule has 0 saturated carbocycles. The molecule has 112 valence electrons. The molecular weight excluding hydrogens is 302 g/mol. The fraction of sp³-hybridized carbons (Fsp3) is 0.231. The number of halogens is 2. The first-order valence-electron chi connectivity index (χ1n) is 5.92. The smallest absolute Gasteiger partial charge is 0.284 e. The average molecular weight is 314 g/mol. The summed E-state index contributed by atoms with van der Waals surface area (Å²) in [4.78, 5) is 11.7. The maximum atomic E-state index is 12.0. The molecule has 8 heteroatoms. The van der Waals surface area contributed by atoms with Gasteiger partial charge in [-0.1, -0.05) is 11.8 Å². The highest BCUT2D eigenvalue weighted by Gasteiger charge is 2.10. The molecule has 0 saturated heterocycles. The van der Waals surface area contributed by atoms with E-state index in [1.165, 1.54) is 18.5 Å². The summed E-state index contributed by atoms with van der Waals surface area (Å²) in [5.41, 5.74) is 2.71. The van der Waals surface area contributed by atoms with Crippen LogP contribution in [0.4, 0.5) is 8.78 Å².